The average Bonchev–Trinajstić information content (AvgIpc) is 2.90. The van der Waals surface area contributed by atoms with Crippen molar-refractivity contribution in [3.63, 3.8) is 0 Å². The van der Waals surface area contributed by atoms with Crippen LogP contribution in [0.1, 0.15) is 46.5 Å². The van der Waals surface area contributed by atoms with E-state index in [4.69, 9.17) is 14.2 Å². The van der Waals surface area contributed by atoms with E-state index in [0.29, 0.717) is 45.5 Å². The zero-order valence-electron chi connectivity index (χ0n) is 13.2. The molecule has 2 fully saturated rings. The maximum Gasteiger partial charge on any atom is 0.325 e. The molecule has 1 N–H and O–H groups in total. The van der Waals surface area contributed by atoms with Crippen LogP contribution in [0.25, 0.3) is 0 Å². The standard InChI is InChI=1S/C15H26FNO4/c1-4-19-12(18)13(2,3)17-11-14(16)5-7-15(8-6-14)20-9-10-21-15/h17H,4-11H2,1-3H3. The summed E-state index contributed by atoms with van der Waals surface area (Å²) in [6, 6.07) is 0. The lowest BCUT2D eigenvalue weighted by molar-refractivity contribution is -0.193. The number of hydrogen-bond acceptors (Lipinski definition) is 5. The van der Waals surface area contributed by atoms with E-state index in [1.165, 1.54) is 0 Å². The third-order valence-electron chi connectivity index (χ3n) is 4.35. The second-order valence-corrected chi connectivity index (χ2v) is 6.46. The molecule has 0 atom stereocenters. The molecule has 5 nitrogen and oxygen atoms in total. The summed E-state index contributed by atoms with van der Waals surface area (Å²) in [6.07, 6.45) is 1.87. The molecule has 0 aromatic carbocycles. The van der Waals surface area contributed by atoms with E-state index in [9.17, 15) is 9.18 Å². The van der Waals surface area contributed by atoms with Gasteiger partial charge in [0.1, 0.15) is 11.2 Å². The van der Waals surface area contributed by atoms with Crippen LogP contribution >= 0.6 is 0 Å². The molecule has 0 radical (unpaired) electrons. The minimum atomic E-state index is -1.33. The molecule has 2 rings (SSSR count). The van der Waals surface area contributed by atoms with Gasteiger partial charge in [0.15, 0.2) is 5.79 Å². The monoisotopic (exact) mass is 303 g/mol. The Kier molecular flexibility index (Phi) is 4.90. The number of rotatable bonds is 5. The first-order chi connectivity index (χ1) is 9.81. The number of carbonyl (C=O) groups excluding carboxylic acids is 1. The van der Waals surface area contributed by atoms with E-state index in [1.54, 1.807) is 20.8 Å². The molecule has 0 bridgehead atoms. The molecule has 1 aliphatic heterocycles. The lowest BCUT2D eigenvalue weighted by atomic mass is 9.82. The summed E-state index contributed by atoms with van der Waals surface area (Å²) in [6.45, 7) is 6.81. The summed E-state index contributed by atoms with van der Waals surface area (Å²) >= 11 is 0. The zero-order valence-corrected chi connectivity index (χ0v) is 13.2. The predicted molar refractivity (Wildman–Crippen MR) is 75.7 cm³/mol. The minimum absolute atomic E-state index is 0.134. The van der Waals surface area contributed by atoms with Gasteiger partial charge in [-0.1, -0.05) is 0 Å². The lowest BCUT2D eigenvalue weighted by Gasteiger charge is -2.40. The smallest absolute Gasteiger partial charge is 0.325 e. The molecule has 0 unspecified atom stereocenters. The second-order valence-electron chi connectivity index (χ2n) is 6.46. The Hall–Kier alpha value is -0.720. The number of carbonyl (C=O) groups is 1. The van der Waals surface area contributed by atoms with Crippen LogP contribution in [0.3, 0.4) is 0 Å². The van der Waals surface area contributed by atoms with E-state index >= 15 is 0 Å². The van der Waals surface area contributed by atoms with Gasteiger partial charge in [0.25, 0.3) is 0 Å². The van der Waals surface area contributed by atoms with Crippen LogP contribution in [0.15, 0.2) is 0 Å². The highest BCUT2D eigenvalue weighted by molar-refractivity contribution is 5.79. The van der Waals surface area contributed by atoms with E-state index in [-0.39, 0.29) is 12.5 Å². The number of nitrogens with one attached hydrogen (secondary N) is 1. The quantitative estimate of drug-likeness (QED) is 0.787. The van der Waals surface area contributed by atoms with Crippen molar-refractivity contribution < 1.29 is 23.4 Å². The fourth-order valence-corrected chi connectivity index (χ4v) is 2.80. The Morgan fingerprint density at radius 3 is 2.33 bits per heavy atom. The van der Waals surface area contributed by atoms with Crippen molar-refractivity contribution in [2.45, 2.75) is 63.4 Å². The minimum Gasteiger partial charge on any atom is -0.465 e. The number of hydrogen-bond donors (Lipinski definition) is 1. The number of ether oxygens (including phenoxy) is 3. The molecule has 0 amide bonds. The topological polar surface area (TPSA) is 56.8 Å². The van der Waals surface area contributed by atoms with Crippen LogP contribution in [0.2, 0.25) is 0 Å². The van der Waals surface area contributed by atoms with Crippen LogP contribution in [-0.2, 0) is 19.0 Å². The van der Waals surface area contributed by atoms with Gasteiger partial charge < -0.3 is 14.2 Å². The molecule has 1 aliphatic carbocycles. The van der Waals surface area contributed by atoms with Gasteiger partial charge in [-0.2, -0.15) is 0 Å². The van der Waals surface area contributed by atoms with Crippen molar-refractivity contribution in [2.75, 3.05) is 26.4 Å². The van der Waals surface area contributed by atoms with Gasteiger partial charge in [0.2, 0.25) is 0 Å². The highest BCUT2D eigenvalue weighted by atomic mass is 19.1. The molecule has 2 aliphatic rings. The third kappa shape index (κ3) is 3.93. The molecule has 21 heavy (non-hydrogen) atoms. The summed E-state index contributed by atoms with van der Waals surface area (Å²) in [5.74, 6) is -0.921. The van der Waals surface area contributed by atoms with Gasteiger partial charge in [-0.25, -0.2) is 4.39 Å². The first-order valence-corrected chi connectivity index (χ1v) is 7.70. The van der Waals surface area contributed by atoms with Crippen LogP contribution in [0.4, 0.5) is 4.39 Å². The van der Waals surface area contributed by atoms with Crippen LogP contribution < -0.4 is 5.32 Å². The number of alkyl halides is 1. The van der Waals surface area contributed by atoms with Gasteiger partial charge in [-0.05, 0) is 33.6 Å². The Balaban J connectivity index is 1.84. The van der Waals surface area contributed by atoms with Crippen LogP contribution in [0, 0.1) is 0 Å². The summed E-state index contributed by atoms with van der Waals surface area (Å²) < 4.78 is 31.1. The molecule has 0 aromatic heterocycles. The Bertz CT molecular complexity index is 370. The Morgan fingerprint density at radius 2 is 1.81 bits per heavy atom. The molecule has 6 heteroatoms. The van der Waals surface area contributed by atoms with Crippen molar-refractivity contribution in [1.29, 1.82) is 0 Å². The van der Waals surface area contributed by atoms with Crippen LogP contribution in [-0.4, -0.2) is 49.3 Å². The number of esters is 1. The molecule has 122 valence electrons. The maximum atomic E-state index is 14.9. The summed E-state index contributed by atoms with van der Waals surface area (Å²) in [7, 11) is 0. The third-order valence-corrected chi connectivity index (χ3v) is 4.35. The van der Waals surface area contributed by atoms with Gasteiger partial charge in [0, 0.05) is 19.4 Å². The molecule has 1 spiro atoms. The van der Waals surface area contributed by atoms with E-state index in [2.05, 4.69) is 5.32 Å². The van der Waals surface area contributed by atoms with Crippen molar-refractivity contribution in [3.8, 4) is 0 Å². The van der Waals surface area contributed by atoms with Gasteiger partial charge >= 0.3 is 5.97 Å². The van der Waals surface area contributed by atoms with Crippen molar-refractivity contribution >= 4 is 5.97 Å². The van der Waals surface area contributed by atoms with Crippen molar-refractivity contribution in [3.05, 3.63) is 0 Å². The van der Waals surface area contributed by atoms with Crippen molar-refractivity contribution in [2.24, 2.45) is 0 Å². The van der Waals surface area contributed by atoms with Crippen molar-refractivity contribution in [1.82, 2.24) is 5.32 Å². The van der Waals surface area contributed by atoms with E-state index < -0.39 is 17.0 Å². The number of halogens is 1. The SMILES string of the molecule is CCOC(=O)C(C)(C)NCC1(F)CCC2(CC1)OCCO2. The summed E-state index contributed by atoms with van der Waals surface area (Å²) in [5.41, 5.74) is -2.21. The highest BCUT2D eigenvalue weighted by Crippen LogP contribution is 2.41. The molecular formula is C15H26FNO4. The van der Waals surface area contributed by atoms with Gasteiger partial charge in [-0.15, -0.1) is 0 Å². The second kappa shape index (κ2) is 6.18. The van der Waals surface area contributed by atoms with E-state index in [1.807, 2.05) is 0 Å². The predicted octanol–water partition coefficient (Wildman–Crippen LogP) is 1.94. The normalized spacial score (nSPS) is 24.2. The molecule has 1 heterocycles. The summed E-state index contributed by atoms with van der Waals surface area (Å²) in [4.78, 5) is 11.8. The first kappa shape index (κ1) is 16.6. The largest absolute Gasteiger partial charge is 0.465 e. The fourth-order valence-electron chi connectivity index (χ4n) is 2.80. The lowest BCUT2D eigenvalue weighted by Crippen LogP contribution is -2.54. The van der Waals surface area contributed by atoms with E-state index in [0.717, 1.165) is 0 Å². The molecule has 1 saturated carbocycles. The van der Waals surface area contributed by atoms with Gasteiger partial charge in [-0.3, -0.25) is 10.1 Å². The molecular weight excluding hydrogens is 277 g/mol. The van der Waals surface area contributed by atoms with Crippen LogP contribution in [0.5, 0.6) is 0 Å². The summed E-state index contributed by atoms with van der Waals surface area (Å²) in [5, 5.41) is 3.00. The maximum absolute atomic E-state index is 14.9. The Morgan fingerprint density at radius 1 is 1.24 bits per heavy atom. The fraction of sp³-hybridized carbons (Fsp3) is 0.933. The Labute approximate surface area is 125 Å². The first-order valence-electron chi connectivity index (χ1n) is 7.70. The highest BCUT2D eigenvalue weighted by Gasteiger charge is 2.47. The average molecular weight is 303 g/mol. The molecule has 1 saturated heterocycles. The zero-order chi connectivity index (χ0) is 15.6. The molecule has 0 aromatic rings. The van der Waals surface area contributed by atoms with Gasteiger partial charge in [0.05, 0.1) is 19.8 Å².